The van der Waals surface area contributed by atoms with Crippen LogP contribution < -0.4 is 11.1 Å². The second-order valence-corrected chi connectivity index (χ2v) is 6.71. The lowest BCUT2D eigenvalue weighted by Gasteiger charge is -2.34. The molecule has 1 saturated carbocycles. The highest BCUT2D eigenvalue weighted by Crippen LogP contribution is 2.23. The molecule has 0 heterocycles. The molecule has 0 aliphatic heterocycles. The van der Waals surface area contributed by atoms with Crippen molar-refractivity contribution in [3.05, 3.63) is 25.3 Å². The van der Waals surface area contributed by atoms with Crippen LogP contribution in [0.15, 0.2) is 25.3 Å². The van der Waals surface area contributed by atoms with Crippen LogP contribution in [0.5, 0.6) is 0 Å². The molecule has 0 radical (unpaired) electrons. The minimum Gasteiger partial charge on any atom is -0.354 e. The molecule has 4 heteroatoms. The molecule has 1 rings (SSSR count). The summed E-state index contributed by atoms with van der Waals surface area (Å²) in [6.07, 6.45) is 7.70. The van der Waals surface area contributed by atoms with Crippen LogP contribution in [-0.4, -0.2) is 42.5 Å². The molecular formula is C18H33N3O. The zero-order valence-electron chi connectivity index (χ0n) is 14.3. The second-order valence-electron chi connectivity index (χ2n) is 6.71. The van der Waals surface area contributed by atoms with Gasteiger partial charge in [-0.1, -0.05) is 32.4 Å². The van der Waals surface area contributed by atoms with E-state index in [0.717, 1.165) is 38.8 Å². The summed E-state index contributed by atoms with van der Waals surface area (Å²) in [5.74, 6) is 0.704. The predicted molar refractivity (Wildman–Crippen MR) is 93.5 cm³/mol. The minimum absolute atomic E-state index is 0.0869. The smallest absolute Gasteiger partial charge is 0.223 e. The fourth-order valence-electron chi connectivity index (χ4n) is 3.28. The largest absolute Gasteiger partial charge is 0.354 e. The lowest BCUT2D eigenvalue weighted by Crippen LogP contribution is -2.48. The Hall–Kier alpha value is -1.13. The summed E-state index contributed by atoms with van der Waals surface area (Å²) in [7, 11) is 0. The highest BCUT2D eigenvalue weighted by atomic mass is 16.1. The summed E-state index contributed by atoms with van der Waals surface area (Å²) >= 11 is 0. The molecule has 3 N–H and O–H groups in total. The van der Waals surface area contributed by atoms with Gasteiger partial charge in [0.1, 0.15) is 0 Å². The van der Waals surface area contributed by atoms with Crippen molar-refractivity contribution in [3.8, 4) is 0 Å². The van der Waals surface area contributed by atoms with Crippen molar-refractivity contribution in [2.75, 3.05) is 19.6 Å². The monoisotopic (exact) mass is 307 g/mol. The van der Waals surface area contributed by atoms with E-state index in [-0.39, 0.29) is 23.9 Å². The Labute approximate surface area is 135 Å². The molecule has 1 aliphatic carbocycles. The first-order chi connectivity index (χ1) is 10.5. The quantitative estimate of drug-likeness (QED) is 0.643. The molecule has 126 valence electrons. The van der Waals surface area contributed by atoms with Crippen LogP contribution in [-0.2, 0) is 4.79 Å². The van der Waals surface area contributed by atoms with Gasteiger partial charge < -0.3 is 11.1 Å². The van der Waals surface area contributed by atoms with Gasteiger partial charge in [0.2, 0.25) is 5.91 Å². The zero-order chi connectivity index (χ0) is 16.5. The van der Waals surface area contributed by atoms with Crippen molar-refractivity contribution in [3.63, 3.8) is 0 Å². The Morgan fingerprint density at radius 1 is 1.32 bits per heavy atom. The minimum atomic E-state index is 0.0869. The van der Waals surface area contributed by atoms with Crippen molar-refractivity contribution >= 4 is 5.91 Å². The summed E-state index contributed by atoms with van der Waals surface area (Å²) in [6.45, 7) is 14.3. The third-order valence-electron chi connectivity index (χ3n) is 4.54. The average molecular weight is 307 g/mol. The maximum absolute atomic E-state index is 12.4. The number of rotatable bonds is 9. The topological polar surface area (TPSA) is 58.4 Å². The number of amides is 1. The number of nitrogens with one attached hydrogen (secondary N) is 1. The lowest BCUT2D eigenvalue weighted by molar-refractivity contribution is -0.126. The van der Waals surface area contributed by atoms with Gasteiger partial charge in [0, 0.05) is 37.6 Å². The van der Waals surface area contributed by atoms with Crippen LogP contribution in [0.3, 0.4) is 0 Å². The molecule has 1 aliphatic rings. The Morgan fingerprint density at radius 3 is 2.45 bits per heavy atom. The van der Waals surface area contributed by atoms with Gasteiger partial charge in [-0.15, -0.1) is 13.2 Å². The van der Waals surface area contributed by atoms with Gasteiger partial charge in [0.05, 0.1) is 0 Å². The van der Waals surface area contributed by atoms with Crippen molar-refractivity contribution < 1.29 is 4.79 Å². The molecule has 4 nitrogen and oxygen atoms in total. The lowest BCUT2D eigenvalue weighted by atomic mass is 9.85. The maximum Gasteiger partial charge on any atom is 0.223 e. The van der Waals surface area contributed by atoms with Gasteiger partial charge in [-0.3, -0.25) is 9.69 Å². The van der Waals surface area contributed by atoms with Gasteiger partial charge >= 0.3 is 0 Å². The fraction of sp³-hybridized carbons (Fsp3) is 0.722. The van der Waals surface area contributed by atoms with Crippen molar-refractivity contribution in [1.29, 1.82) is 0 Å². The number of hydrogen-bond acceptors (Lipinski definition) is 3. The number of carbonyl (C=O) groups excluding carboxylic acids is 1. The first-order valence-electron chi connectivity index (χ1n) is 8.48. The first-order valence-corrected chi connectivity index (χ1v) is 8.48. The van der Waals surface area contributed by atoms with E-state index in [9.17, 15) is 4.79 Å². The standard InChI is InChI=1S/C18H33N3O/c1-5-10-21(11-6-2)17(14(3)4)13-20-18(22)15-8-7-9-16(19)12-15/h5-6,14-17H,1-2,7-13,19H2,3-4H3,(H,20,22). The van der Waals surface area contributed by atoms with E-state index in [4.69, 9.17) is 5.73 Å². The second kappa shape index (κ2) is 9.80. The molecule has 0 bridgehead atoms. The molecule has 0 aromatic rings. The third kappa shape index (κ3) is 5.93. The van der Waals surface area contributed by atoms with E-state index in [2.05, 4.69) is 37.2 Å². The summed E-state index contributed by atoms with van der Waals surface area (Å²) in [6, 6.07) is 0.473. The highest BCUT2D eigenvalue weighted by Gasteiger charge is 2.27. The number of carbonyl (C=O) groups is 1. The fourth-order valence-corrected chi connectivity index (χ4v) is 3.28. The van der Waals surface area contributed by atoms with Crippen LogP contribution in [0, 0.1) is 11.8 Å². The summed E-state index contributed by atoms with van der Waals surface area (Å²) in [4.78, 5) is 14.7. The highest BCUT2D eigenvalue weighted by molar-refractivity contribution is 5.78. The molecule has 22 heavy (non-hydrogen) atoms. The first kappa shape index (κ1) is 18.9. The van der Waals surface area contributed by atoms with Crippen LogP contribution >= 0.6 is 0 Å². The van der Waals surface area contributed by atoms with E-state index in [1.54, 1.807) is 0 Å². The summed E-state index contributed by atoms with van der Waals surface area (Å²) in [5, 5.41) is 3.15. The van der Waals surface area contributed by atoms with Gasteiger partial charge in [-0.2, -0.15) is 0 Å². The van der Waals surface area contributed by atoms with E-state index >= 15 is 0 Å². The molecule has 1 fully saturated rings. The molecule has 3 atom stereocenters. The van der Waals surface area contributed by atoms with Crippen molar-refractivity contribution in [2.45, 2.75) is 51.6 Å². The van der Waals surface area contributed by atoms with Crippen LogP contribution in [0.25, 0.3) is 0 Å². The molecule has 0 aromatic heterocycles. The van der Waals surface area contributed by atoms with Crippen LogP contribution in [0.1, 0.15) is 39.5 Å². The van der Waals surface area contributed by atoms with Crippen LogP contribution in [0.4, 0.5) is 0 Å². The van der Waals surface area contributed by atoms with E-state index in [0.29, 0.717) is 12.5 Å². The molecule has 1 amide bonds. The molecule has 0 aromatic carbocycles. The SMILES string of the molecule is C=CCN(CC=C)C(CNC(=O)C1CCCC(N)C1)C(C)C. The molecule has 0 spiro atoms. The zero-order valence-corrected chi connectivity index (χ0v) is 14.3. The van der Waals surface area contributed by atoms with Crippen molar-refractivity contribution in [1.82, 2.24) is 10.2 Å². The van der Waals surface area contributed by atoms with Gasteiger partial charge in [0.15, 0.2) is 0 Å². The van der Waals surface area contributed by atoms with Crippen molar-refractivity contribution in [2.24, 2.45) is 17.6 Å². The molecule has 3 unspecified atom stereocenters. The van der Waals surface area contributed by atoms with E-state index < -0.39 is 0 Å². The Bertz CT molecular complexity index is 357. The number of nitrogens with zero attached hydrogens (tertiary/aromatic N) is 1. The Balaban J connectivity index is 2.57. The number of hydrogen-bond donors (Lipinski definition) is 2. The van der Waals surface area contributed by atoms with E-state index in [1.807, 2.05) is 12.2 Å². The van der Waals surface area contributed by atoms with Gasteiger partial charge in [0.25, 0.3) is 0 Å². The van der Waals surface area contributed by atoms with Crippen LogP contribution in [0.2, 0.25) is 0 Å². The normalized spacial score (nSPS) is 23.3. The molecule has 0 saturated heterocycles. The summed E-state index contributed by atoms with van der Waals surface area (Å²) in [5.41, 5.74) is 5.98. The third-order valence-corrected chi connectivity index (χ3v) is 4.54. The summed E-state index contributed by atoms with van der Waals surface area (Å²) < 4.78 is 0. The van der Waals surface area contributed by atoms with E-state index in [1.165, 1.54) is 0 Å². The molecular weight excluding hydrogens is 274 g/mol. The Kier molecular flexibility index (Phi) is 8.43. The van der Waals surface area contributed by atoms with Gasteiger partial charge in [-0.05, 0) is 25.2 Å². The average Bonchev–Trinajstić information content (AvgIpc) is 2.47. The number of nitrogens with two attached hydrogens (primary N) is 1. The van der Waals surface area contributed by atoms with Gasteiger partial charge in [-0.25, -0.2) is 0 Å². The predicted octanol–water partition coefficient (Wildman–Crippen LogP) is 2.32. The maximum atomic E-state index is 12.4. The Morgan fingerprint density at radius 2 is 1.95 bits per heavy atom.